The lowest BCUT2D eigenvalue weighted by molar-refractivity contribution is -0.151. The second-order valence-electron chi connectivity index (χ2n) is 6.66. The third kappa shape index (κ3) is 5.41. The SMILES string of the molecule is CCOC(=O)C(C)(CCN(C)CC1CCC1)NC(C)C. The zero-order valence-corrected chi connectivity index (χ0v) is 13.9. The van der Waals surface area contributed by atoms with Gasteiger partial charge in [0, 0.05) is 19.1 Å². The van der Waals surface area contributed by atoms with E-state index in [-0.39, 0.29) is 12.0 Å². The Hall–Kier alpha value is -0.610. The lowest BCUT2D eigenvalue weighted by atomic mass is 9.85. The number of ether oxygens (including phenoxy) is 1. The first-order valence-electron chi connectivity index (χ1n) is 8.01. The summed E-state index contributed by atoms with van der Waals surface area (Å²) < 4.78 is 5.23. The van der Waals surface area contributed by atoms with Crippen molar-refractivity contribution in [2.24, 2.45) is 5.92 Å². The molecule has 0 saturated heterocycles. The number of carbonyl (C=O) groups is 1. The molecule has 0 aliphatic heterocycles. The van der Waals surface area contributed by atoms with E-state index in [4.69, 9.17) is 4.74 Å². The molecule has 1 atom stereocenters. The quantitative estimate of drug-likeness (QED) is 0.660. The number of esters is 1. The average Bonchev–Trinajstić information content (AvgIpc) is 2.31. The lowest BCUT2D eigenvalue weighted by Gasteiger charge is -2.34. The van der Waals surface area contributed by atoms with E-state index in [2.05, 4.69) is 31.1 Å². The Morgan fingerprint density at radius 3 is 2.55 bits per heavy atom. The van der Waals surface area contributed by atoms with Gasteiger partial charge in [0.15, 0.2) is 0 Å². The fourth-order valence-corrected chi connectivity index (χ4v) is 2.78. The fourth-order valence-electron chi connectivity index (χ4n) is 2.78. The Bertz CT molecular complexity index is 303. The molecule has 4 nitrogen and oxygen atoms in total. The molecule has 0 radical (unpaired) electrons. The fraction of sp³-hybridized carbons (Fsp3) is 0.938. The number of rotatable bonds is 9. The minimum absolute atomic E-state index is 0.134. The van der Waals surface area contributed by atoms with Gasteiger partial charge in [-0.25, -0.2) is 0 Å². The van der Waals surface area contributed by atoms with Crippen molar-refractivity contribution >= 4 is 5.97 Å². The summed E-state index contributed by atoms with van der Waals surface area (Å²) in [6.07, 6.45) is 4.90. The van der Waals surface area contributed by atoms with Gasteiger partial charge in [-0.05, 0) is 59.9 Å². The van der Waals surface area contributed by atoms with Gasteiger partial charge in [0.2, 0.25) is 0 Å². The second-order valence-corrected chi connectivity index (χ2v) is 6.66. The highest BCUT2D eigenvalue weighted by Gasteiger charge is 2.35. The van der Waals surface area contributed by atoms with Crippen LogP contribution in [-0.4, -0.2) is 49.2 Å². The third-order valence-electron chi connectivity index (χ3n) is 4.12. The Labute approximate surface area is 124 Å². The van der Waals surface area contributed by atoms with Crippen LogP contribution in [0.4, 0.5) is 0 Å². The van der Waals surface area contributed by atoms with Crippen LogP contribution in [0.5, 0.6) is 0 Å². The summed E-state index contributed by atoms with van der Waals surface area (Å²) in [5.41, 5.74) is -0.585. The first-order chi connectivity index (χ1) is 9.37. The highest BCUT2D eigenvalue weighted by molar-refractivity contribution is 5.80. The van der Waals surface area contributed by atoms with Crippen molar-refractivity contribution in [3.63, 3.8) is 0 Å². The summed E-state index contributed by atoms with van der Waals surface area (Å²) >= 11 is 0. The van der Waals surface area contributed by atoms with Crippen LogP contribution in [0.2, 0.25) is 0 Å². The maximum Gasteiger partial charge on any atom is 0.326 e. The molecule has 1 aliphatic rings. The highest BCUT2D eigenvalue weighted by atomic mass is 16.5. The summed E-state index contributed by atoms with van der Waals surface area (Å²) in [7, 11) is 2.15. The Morgan fingerprint density at radius 2 is 2.10 bits per heavy atom. The molecule has 1 unspecified atom stereocenters. The van der Waals surface area contributed by atoms with E-state index in [1.165, 1.54) is 19.3 Å². The molecule has 0 aromatic heterocycles. The Balaban J connectivity index is 2.47. The van der Waals surface area contributed by atoms with Crippen molar-refractivity contribution in [1.29, 1.82) is 0 Å². The van der Waals surface area contributed by atoms with Gasteiger partial charge in [-0.15, -0.1) is 0 Å². The highest BCUT2D eigenvalue weighted by Crippen LogP contribution is 2.27. The smallest absolute Gasteiger partial charge is 0.326 e. The molecule has 4 heteroatoms. The van der Waals surface area contributed by atoms with E-state index in [1.54, 1.807) is 0 Å². The van der Waals surface area contributed by atoms with Crippen LogP contribution in [0.1, 0.15) is 53.4 Å². The van der Waals surface area contributed by atoms with Crippen LogP contribution >= 0.6 is 0 Å². The van der Waals surface area contributed by atoms with Gasteiger partial charge >= 0.3 is 5.97 Å². The van der Waals surface area contributed by atoms with Crippen molar-refractivity contribution < 1.29 is 9.53 Å². The van der Waals surface area contributed by atoms with Crippen molar-refractivity contribution in [2.75, 3.05) is 26.7 Å². The van der Waals surface area contributed by atoms with Gasteiger partial charge in [-0.2, -0.15) is 0 Å². The zero-order valence-electron chi connectivity index (χ0n) is 13.9. The van der Waals surface area contributed by atoms with Gasteiger partial charge in [0.05, 0.1) is 6.61 Å². The molecule has 0 bridgehead atoms. The first-order valence-corrected chi connectivity index (χ1v) is 8.01. The standard InChI is InChI=1S/C16H32N2O2/c1-6-20-15(19)16(4,17-13(2)3)10-11-18(5)12-14-8-7-9-14/h13-14,17H,6-12H2,1-5H3. The van der Waals surface area contributed by atoms with E-state index in [1.807, 2.05) is 13.8 Å². The molecule has 0 heterocycles. The summed E-state index contributed by atoms with van der Waals surface area (Å²) in [5.74, 6) is 0.734. The molecule has 0 aromatic rings. The van der Waals surface area contributed by atoms with Crippen molar-refractivity contribution in [3.8, 4) is 0 Å². The van der Waals surface area contributed by atoms with Crippen LogP contribution in [0.25, 0.3) is 0 Å². The van der Waals surface area contributed by atoms with E-state index in [0.29, 0.717) is 6.61 Å². The summed E-state index contributed by atoms with van der Waals surface area (Å²) in [6.45, 7) is 10.5. The zero-order chi connectivity index (χ0) is 15.2. The molecule has 118 valence electrons. The molecule has 20 heavy (non-hydrogen) atoms. The van der Waals surface area contributed by atoms with E-state index in [0.717, 1.165) is 25.4 Å². The number of nitrogens with zero attached hydrogens (tertiary/aromatic N) is 1. The molecule has 1 aliphatic carbocycles. The maximum absolute atomic E-state index is 12.2. The molecular formula is C16H32N2O2. The molecule has 1 rings (SSSR count). The average molecular weight is 284 g/mol. The van der Waals surface area contributed by atoms with E-state index >= 15 is 0 Å². The normalized spacial score (nSPS) is 18.9. The van der Waals surface area contributed by atoms with Gasteiger partial charge in [-0.3, -0.25) is 10.1 Å². The van der Waals surface area contributed by atoms with Crippen LogP contribution in [0.3, 0.4) is 0 Å². The second kappa shape index (κ2) is 7.99. The first kappa shape index (κ1) is 17.4. The van der Waals surface area contributed by atoms with Crippen molar-refractivity contribution in [1.82, 2.24) is 10.2 Å². The topological polar surface area (TPSA) is 41.6 Å². The molecule has 0 aromatic carbocycles. The molecule has 1 fully saturated rings. The monoisotopic (exact) mass is 284 g/mol. The van der Waals surface area contributed by atoms with E-state index < -0.39 is 5.54 Å². The third-order valence-corrected chi connectivity index (χ3v) is 4.12. The molecule has 0 amide bonds. The summed E-state index contributed by atoms with van der Waals surface area (Å²) in [4.78, 5) is 14.5. The van der Waals surface area contributed by atoms with Crippen LogP contribution in [0.15, 0.2) is 0 Å². The number of hydrogen-bond acceptors (Lipinski definition) is 4. The van der Waals surface area contributed by atoms with Gasteiger partial charge in [-0.1, -0.05) is 6.42 Å². The van der Waals surface area contributed by atoms with Crippen LogP contribution in [-0.2, 0) is 9.53 Å². The van der Waals surface area contributed by atoms with Crippen molar-refractivity contribution in [3.05, 3.63) is 0 Å². The number of nitrogens with one attached hydrogen (secondary N) is 1. The van der Waals surface area contributed by atoms with Crippen LogP contribution in [0, 0.1) is 5.92 Å². The lowest BCUT2D eigenvalue weighted by Crippen LogP contribution is -2.54. The summed E-state index contributed by atoms with van der Waals surface area (Å²) in [6, 6.07) is 0.265. The molecule has 1 N–H and O–H groups in total. The molecule has 1 saturated carbocycles. The van der Waals surface area contributed by atoms with Gasteiger partial charge in [0.25, 0.3) is 0 Å². The maximum atomic E-state index is 12.2. The predicted octanol–water partition coefficient (Wildman–Crippen LogP) is 2.43. The van der Waals surface area contributed by atoms with Gasteiger partial charge < -0.3 is 9.64 Å². The molecular weight excluding hydrogens is 252 g/mol. The van der Waals surface area contributed by atoms with Crippen LogP contribution < -0.4 is 5.32 Å². The van der Waals surface area contributed by atoms with Gasteiger partial charge in [0.1, 0.15) is 5.54 Å². The number of carbonyl (C=O) groups excluding carboxylic acids is 1. The minimum atomic E-state index is -0.585. The minimum Gasteiger partial charge on any atom is -0.465 e. The molecule has 0 spiro atoms. The predicted molar refractivity (Wildman–Crippen MR) is 82.8 cm³/mol. The van der Waals surface area contributed by atoms with Crippen molar-refractivity contribution in [2.45, 2.75) is 65.0 Å². The Morgan fingerprint density at radius 1 is 1.45 bits per heavy atom. The largest absolute Gasteiger partial charge is 0.465 e. The Kier molecular flexibility index (Phi) is 6.96. The van der Waals surface area contributed by atoms with E-state index in [9.17, 15) is 4.79 Å². The number of hydrogen-bond donors (Lipinski definition) is 1. The summed E-state index contributed by atoms with van der Waals surface area (Å²) in [5, 5.41) is 3.38.